The van der Waals surface area contributed by atoms with E-state index in [0.717, 1.165) is 37.7 Å². The van der Waals surface area contributed by atoms with Crippen LogP contribution in [0.1, 0.15) is 43.6 Å². The molecule has 0 amide bonds. The Hall–Kier alpha value is -2.50. The lowest BCUT2D eigenvalue weighted by Gasteiger charge is -2.40. The average Bonchev–Trinajstić information content (AvgIpc) is 2.92. The SMILES string of the molecule is O=S(=O)(OS(c1ccccc1)(c1ccccc1)c1ccc(C2CCCCC2)cc1)C(F)(F)C(F)C(F)(F)F. The molecule has 3 aromatic rings. The van der Waals surface area contributed by atoms with E-state index in [4.69, 9.17) is 3.63 Å². The van der Waals surface area contributed by atoms with E-state index in [0.29, 0.717) is 0 Å². The van der Waals surface area contributed by atoms with Crippen molar-refractivity contribution in [3.63, 3.8) is 0 Å². The number of hydrogen-bond donors (Lipinski definition) is 0. The van der Waals surface area contributed by atoms with Gasteiger partial charge in [-0.1, -0.05) is 67.8 Å². The fourth-order valence-corrected chi connectivity index (χ4v) is 9.80. The molecular weight excluding hydrogens is 550 g/mol. The van der Waals surface area contributed by atoms with Gasteiger partial charge >= 0.3 is 21.5 Å². The van der Waals surface area contributed by atoms with Crippen LogP contribution >= 0.6 is 10.3 Å². The summed E-state index contributed by atoms with van der Waals surface area (Å²) in [5, 5.41) is -5.89. The van der Waals surface area contributed by atoms with E-state index in [2.05, 4.69) is 0 Å². The summed E-state index contributed by atoms with van der Waals surface area (Å²) in [5.74, 6) is 0.281. The largest absolute Gasteiger partial charge is 0.426 e. The zero-order valence-corrected chi connectivity index (χ0v) is 21.7. The minimum absolute atomic E-state index is 0.137. The third kappa shape index (κ3) is 5.46. The first-order valence-corrected chi connectivity index (χ1v) is 14.9. The van der Waals surface area contributed by atoms with Crippen molar-refractivity contribution in [1.82, 2.24) is 0 Å². The van der Waals surface area contributed by atoms with Crippen LogP contribution in [-0.2, 0) is 13.7 Å². The molecule has 0 spiro atoms. The van der Waals surface area contributed by atoms with E-state index in [1.165, 1.54) is 48.5 Å². The molecule has 1 atom stereocenters. The normalized spacial score (nSPS) is 17.2. The quantitative estimate of drug-likeness (QED) is 0.252. The molecule has 0 N–H and O–H groups in total. The Kier molecular flexibility index (Phi) is 8.20. The van der Waals surface area contributed by atoms with Crippen LogP contribution in [0.15, 0.2) is 99.6 Å². The van der Waals surface area contributed by atoms with Gasteiger partial charge in [-0.3, -0.25) is 0 Å². The molecule has 0 heterocycles. The predicted molar refractivity (Wildman–Crippen MR) is 133 cm³/mol. The maximum Gasteiger partial charge on any atom is 0.426 e. The van der Waals surface area contributed by atoms with Gasteiger partial charge in [0.2, 0.25) is 0 Å². The zero-order valence-electron chi connectivity index (χ0n) is 20.1. The maximum absolute atomic E-state index is 14.7. The van der Waals surface area contributed by atoms with Crippen LogP contribution in [0.2, 0.25) is 0 Å². The van der Waals surface area contributed by atoms with E-state index in [-0.39, 0.29) is 20.6 Å². The first kappa shape index (κ1) is 28.5. The number of benzene rings is 3. The molecule has 3 aromatic carbocycles. The lowest BCUT2D eigenvalue weighted by atomic mass is 9.84. The van der Waals surface area contributed by atoms with Crippen LogP contribution < -0.4 is 0 Å². The van der Waals surface area contributed by atoms with E-state index in [1.807, 2.05) is 0 Å². The van der Waals surface area contributed by atoms with Crippen molar-refractivity contribution in [2.45, 2.75) is 70.3 Å². The molecule has 1 fully saturated rings. The van der Waals surface area contributed by atoms with Crippen molar-refractivity contribution >= 4 is 20.4 Å². The van der Waals surface area contributed by atoms with E-state index >= 15 is 0 Å². The summed E-state index contributed by atoms with van der Waals surface area (Å²) in [6.07, 6.45) is -5.89. The zero-order chi connectivity index (χ0) is 27.6. The lowest BCUT2D eigenvalue weighted by molar-refractivity contribution is -0.222. The summed E-state index contributed by atoms with van der Waals surface area (Å²) in [4.78, 5) is 0.438. The minimum atomic E-state index is -6.47. The van der Waals surface area contributed by atoms with Gasteiger partial charge in [0.15, 0.2) is 0 Å². The van der Waals surface area contributed by atoms with Gasteiger partial charge in [0.05, 0.1) is 0 Å². The van der Waals surface area contributed by atoms with E-state index < -0.39 is 38.0 Å². The standard InChI is InChI=1S/C27H26F6O3S2/c28-25(26(29,30)31)27(32,33)38(34,35)36-37(22-12-6-2-7-13-22,23-14-8-3-9-15-23)24-18-16-21(17-19-24)20-10-4-1-5-11-20/h2-3,6-9,12-20,25H,1,4-5,10-11H2. The summed E-state index contributed by atoms with van der Waals surface area (Å²) in [6.45, 7) is 0. The molecule has 4 rings (SSSR count). The van der Waals surface area contributed by atoms with Crippen molar-refractivity contribution in [2.75, 3.05) is 0 Å². The van der Waals surface area contributed by atoms with Crippen LogP contribution in [0.5, 0.6) is 0 Å². The van der Waals surface area contributed by atoms with Crippen molar-refractivity contribution in [3.05, 3.63) is 90.5 Å². The van der Waals surface area contributed by atoms with Gasteiger partial charge in [-0.25, -0.2) is 8.02 Å². The maximum atomic E-state index is 14.7. The molecule has 3 nitrogen and oxygen atoms in total. The molecule has 1 saturated carbocycles. The molecule has 38 heavy (non-hydrogen) atoms. The highest BCUT2D eigenvalue weighted by Crippen LogP contribution is 2.70. The predicted octanol–water partition coefficient (Wildman–Crippen LogP) is 8.77. The molecule has 0 aromatic heterocycles. The molecule has 206 valence electrons. The van der Waals surface area contributed by atoms with Crippen molar-refractivity contribution in [3.8, 4) is 0 Å². The molecule has 1 aliphatic carbocycles. The first-order chi connectivity index (χ1) is 17.9. The van der Waals surface area contributed by atoms with Crippen LogP contribution in [0, 0.1) is 0 Å². The summed E-state index contributed by atoms with van der Waals surface area (Å²) >= 11 is 0. The molecular formula is C27H26F6O3S2. The summed E-state index contributed by atoms with van der Waals surface area (Å²) in [5.41, 5.74) is 0.983. The molecule has 1 unspecified atom stereocenters. The first-order valence-electron chi connectivity index (χ1n) is 12.0. The van der Waals surface area contributed by atoms with Gasteiger partial charge in [0.25, 0.3) is 6.17 Å². The van der Waals surface area contributed by atoms with Gasteiger partial charge in [0, 0.05) is 14.7 Å². The Balaban J connectivity index is 1.91. The highest BCUT2D eigenvalue weighted by atomic mass is 32.3. The van der Waals surface area contributed by atoms with Crippen molar-refractivity contribution < 1.29 is 38.4 Å². The Morgan fingerprint density at radius 2 is 1.13 bits per heavy atom. The Labute approximate surface area is 219 Å². The van der Waals surface area contributed by atoms with Crippen LogP contribution in [0.3, 0.4) is 0 Å². The summed E-state index contributed by atoms with van der Waals surface area (Å²) in [7, 11) is -10.1. The number of hydrogen-bond acceptors (Lipinski definition) is 3. The van der Waals surface area contributed by atoms with Crippen LogP contribution in [0.4, 0.5) is 26.3 Å². The second-order valence-electron chi connectivity index (χ2n) is 9.07. The van der Waals surface area contributed by atoms with Gasteiger partial charge in [-0.05, 0) is 71.0 Å². The number of rotatable bonds is 8. The molecule has 0 aliphatic heterocycles. The Morgan fingerprint density at radius 3 is 1.58 bits per heavy atom. The molecule has 1 aliphatic rings. The third-order valence-corrected chi connectivity index (χ3v) is 11.8. The topological polar surface area (TPSA) is 43.4 Å². The van der Waals surface area contributed by atoms with Gasteiger partial charge in [0.1, 0.15) is 0 Å². The molecule has 0 radical (unpaired) electrons. The minimum Gasteiger partial charge on any atom is -0.229 e. The average molecular weight is 577 g/mol. The van der Waals surface area contributed by atoms with E-state index in [1.54, 1.807) is 36.4 Å². The third-order valence-electron chi connectivity index (χ3n) is 6.55. The summed E-state index contributed by atoms with van der Waals surface area (Å²) in [6, 6.07) is 21.7. The second-order valence-corrected chi connectivity index (χ2v) is 13.6. The highest BCUT2D eigenvalue weighted by molar-refractivity contribution is 8.33. The highest BCUT2D eigenvalue weighted by Gasteiger charge is 2.66. The monoisotopic (exact) mass is 576 g/mol. The molecule has 0 saturated heterocycles. The Morgan fingerprint density at radius 1 is 0.684 bits per heavy atom. The Bertz CT molecular complexity index is 1270. The fourth-order valence-electron chi connectivity index (χ4n) is 4.61. The van der Waals surface area contributed by atoms with Crippen molar-refractivity contribution in [2.24, 2.45) is 0 Å². The van der Waals surface area contributed by atoms with Crippen LogP contribution in [0.25, 0.3) is 0 Å². The van der Waals surface area contributed by atoms with Crippen molar-refractivity contribution in [1.29, 1.82) is 0 Å². The second kappa shape index (κ2) is 10.9. The van der Waals surface area contributed by atoms with Gasteiger partial charge in [-0.2, -0.15) is 30.4 Å². The molecule has 0 bridgehead atoms. The fraction of sp³-hybridized carbons (Fsp3) is 0.333. The summed E-state index contributed by atoms with van der Waals surface area (Å²) < 4.78 is 113. The smallest absolute Gasteiger partial charge is 0.229 e. The van der Waals surface area contributed by atoms with Gasteiger partial charge in [-0.15, -0.1) is 0 Å². The van der Waals surface area contributed by atoms with E-state index in [9.17, 15) is 34.8 Å². The lowest BCUT2D eigenvalue weighted by Crippen LogP contribution is -2.48. The number of halogens is 6. The number of alkyl halides is 6. The van der Waals surface area contributed by atoms with Crippen LogP contribution in [-0.4, -0.2) is 26.0 Å². The van der Waals surface area contributed by atoms with Gasteiger partial charge < -0.3 is 0 Å². The molecule has 11 heteroatoms.